The minimum atomic E-state index is -1.78. The second kappa shape index (κ2) is 8.86. The third kappa shape index (κ3) is 4.87. The van der Waals surface area contributed by atoms with E-state index in [4.69, 9.17) is 4.74 Å². The summed E-state index contributed by atoms with van der Waals surface area (Å²) in [5.41, 5.74) is 2.24. The zero-order chi connectivity index (χ0) is 20.1. The molecule has 28 heavy (non-hydrogen) atoms. The number of hydrogen-bond donors (Lipinski definition) is 3. The fourth-order valence-electron chi connectivity index (χ4n) is 3.03. The molecule has 0 aliphatic heterocycles. The van der Waals surface area contributed by atoms with Crippen LogP contribution in [0.25, 0.3) is 11.0 Å². The van der Waals surface area contributed by atoms with Gasteiger partial charge in [-0.15, -0.1) is 0 Å². The number of aromatic nitrogens is 2. The van der Waals surface area contributed by atoms with Crippen molar-refractivity contribution in [3.63, 3.8) is 0 Å². The molecule has 2 aromatic carbocycles. The van der Waals surface area contributed by atoms with Gasteiger partial charge in [-0.2, -0.15) is 0 Å². The largest absolute Gasteiger partial charge is 0.497 e. The van der Waals surface area contributed by atoms with Gasteiger partial charge in [0.15, 0.2) is 0 Å². The van der Waals surface area contributed by atoms with Gasteiger partial charge < -0.3 is 24.7 Å². The predicted octanol–water partition coefficient (Wildman–Crippen LogP) is 1.31. The van der Waals surface area contributed by atoms with E-state index in [9.17, 15) is 19.2 Å². The van der Waals surface area contributed by atoms with Crippen molar-refractivity contribution >= 4 is 24.1 Å². The number of carbonyl (C=O) groups excluding carboxylic acids is 1. The molecule has 1 aromatic heterocycles. The van der Waals surface area contributed by atoms with Crippen molar-refractivity contribution in [2.45, 2.75) is 25.3 Å². The molecule has 0 aliphatic carbocycles. The standard InChI is InChI=1S/C19H21BFN3O4/c1-28-15-9-13(8-14(21)11-15)10-18(20(26)27)23-19(25)6-7-24-12-22-16-4-2-3-5-17(16)24/h2-5,8-9,11-12,18,26-27H,6-7,10H2,1H3,(H,23,25). The molecule has 0 aliphatic rings. The van der Waals surface area contributed by atoms with Crippen LogP contribution in [0.2, 0.25) is 0 Å². The van der Waals surface area contributed by atoms with Gasteiger partial charge in [-0.3, -0.25) is 4.79 Å². The molecule has 0 saturated carbocycles. The van der Waals surface area contributed by atoms with E-state index in [-0.39, 0.29) is 18.7 Å². The van der Waals surface area contributed by atoms with Gasteiger partial charge in [-0.05, 0) is 36.2 Å². The quantitative estimate of drug-likeness (QED) is 0.509. The van der Waals surface area contributed by atoms with E-state index < -0.39 is 18.9 Å². The molecule has 3 aromatic rings. The van der Waals surface area contributed by atoms with Crippen molar-refractivity contribution < 1.29 is 24.0 Å². The van der Waals surface area contributed by atoms with E-state index in [1.54, 1.807) is 12.4 Å². The SMILES string of the molecule is COc1cc(F)cc(CC(NC(=O)CCn2cnc3ccccc32)B(O)O)c1. The summed E-state index contributed by atoms with van der Waals surface area (Å²) >= 11 is 0. The lowest BCUT2D eigenvalue weighted by molar-refractivity contribution is -0.121. The highest BCUT2D eigenvalue weighted by Gasteiger charge is 2.26. The van der Waals surface area contributed by atoms with Gasteiger partial charge >= 0.3 is 7.12 Å². The summed E-state index contributed by atoms with van der Waals surface area (Å²) in [6.07, 6.45) is 1.84. The Balaban J connectivity index is 1.62. The van der Waals surface area contributed by atoms with Crippen molar-refractivity contribution in [1.29, 1.82) is 0 Å². The molecule has 3 rings (SSSR count). The van der Waals surface area contributed by atoms with E-state index in [1.165, 1.54) is 19.2 Å². The summed E-state index contributed by atoms with van der Waals surface area (Å²) in [7, 11) is -0.370. The predicted molar refractivity (Wildman–Crippen MR) is 103 cm³/mol. The summed E-state index contributed by atoms with van der Waals surface area (Å²) in [5, 5.41) is 21.8. The van der Waals surface area contributed by atoms with E-state index >= 15 is 0 Å². The summed E-state index contributed by atoms with van der Waals surface area (Å²) in [5.74, 6) is -1.50. The molecule has 0 saturated heterocycles. The van der Waals surface area contributed by atoms with Crippen LogP contribution in [-0.2, 0) is 17.8 Å². The Bertz CT molecular complexity index is 963. The van der Waals surface area contributed by atoms with E-state index in [1.807, 2.05) is 28.8 Å². The Morgan fingerprint density at radius 1 is 1.32 bits per heavy atom. The Morgan fingerprint density at radius 2 is 2.11 bits per heavy atom. The topological polar surface area (TPSA) is 96.6 Å². The Hall–Kier alpha value is -2.91. The number of benzene rings is 2. The summed E-state index contributed by atoms with van der Waals surface area (Å²) in [6.45, 7) is 0.397. The van der Waals surface area contributed by atoms with Crippen LogP contribution >= 0.6 is 0 Å². The fraction of sp³-hybridized carbons (Fsp3) is 0.263. The monoisotopic (exact) mass is 385 g/mol. The number of aryl methyl sites for hydroxylation is 1. The minimum absolute atomic E-state index is 0.0472. The number of fused-ring (bicyclic) bond motifs is 1. The highest BCUT2D eigenvalue weighted by atomic mass is 19.1. The van der Waals surface area contributed by atoms with E-state index in [0.717, 1.165) is 11.0 Å². The number of ether oxygens (including phenoxy) is 1. The van der Waals surface area contributed by atoms with Crippen LogP contribution in [0, 0.1) is 5.82 Å². The van der Waals surface area contributed by atoms with E-state index in [0.29, 0.717) is 17.9 Å². The number of amides is 1. The highest BCUT2D eigenvalue weighted by molar-refractivity contribution is 6.43. The van der Waals surface area contributed by atoms with Gasteiger partial charge in [-0.25, -0.2) is 9.37 Å². The zero-order valence-corrected chi connectivity index (χ0v) is 15.4. The molecule has 0 fully saturated rings. The molecule has 7 nitrogen and oxygen atoms in total. The number of nitrogens with one attached hydrogen (secondary N) is 1. The smallest absolute Gasteiger partial charge is 0.475 e. The normalized spacial score (nSPS) is 12.0. The molecule has 9 heteroatoms. The molecule has 0 spiro atoms. The average molecular weight is 385 g/mol. The molecular formula is C19H21BFN3O4. The van der Waals surface area contributed by atoms with Crippen LogP contribution in [0.5, 0.6) is 5.75 Å². The molecule has 1 unspecified atom stereocenters. The van der Waals surface area contributed by atoms with Crippen molar-refractivity contribution in [2.75, 3.05) is 7.11 Å². The summed E-state index contributed by atoms with van der Waals surface area (Å²) < 4.78 is 20.5. The van der Waals surface area contributed by atoms with Gasteiger partial charge in [0.1, 0.15) is 11.6 Å². The summed E-state index contributed by atoms with van der Waals surface area (Å²) in [6, 6.07) is 11.7. The molecule has 146 valence electrons. The van der Waals surface area contributed by atoms with Gasteiger partial charge in [0, 0.05) is 19.0 Å². The number of nitrogens with zero attached hydrogens (tertiary/aromatic N) is 2. The Labute approximate surface area is 161 Å². The van der Waals surface area contributed by atoms with Crippen molar-refractivity contribution in [2.24, 2.45) is 0 Å². The van der Waals surface area contributed by atoms with Crippen molar-refractivity contribution in [1.82, 2.24) is 14.9 Å². The first kappa shape index (κ1) is 19.8. The summed E-state index contributed by atoms with van der Waals surface area (Å²) in [4.78, 5) is 16.6. The lowest BCUT2D eigenvalue weighted by atomic mass is 9.76. The van der Waals surface area contributed by atoms with Crippen LogP contribution in [0.4, 0.5) is 4.39 Å². The lowest BCUT2D eigenvalue weighted by Gasteiger charge is -2.18. The van der Waals surface area contributed by atoms with Crippen LogP contribution in [0.3, 0.4) is 0 Å². The number of carbonyl (C=O) groups is 1. The molecular weight excluding hydrogens is 364 g/mol. The lowest BCUT2D eigenvalue weighted by Crippen LogP contribution is -2.48. The molecule has 1 atom stereocenters. The van der Waals surface area contributed by atoms with Gasteiger partial charge in [-0.1, -0.05) is 12.1 Å². The maximum Gasteiger partial charge on any atom is 0.475 e. The fourth-order valence-corrected chi connectivity index (χ4v) is 3.03. The first-order valence-corrected chi connectivity index (χ1v) is 8.85. The van der Waals surface area contributed by atoms with Crippen LogP contribution < -0.4 is 10.1 Å². The average Bonchev–Trinajstić information content (AvgIpc) is 3.08. The molecule has 1 heterocycles. The minimum Gasteiger partial charge on any atom is -0.497 e. The highest BCUT2D eigenvalue weighted by Crippen LogP contribution is 2.17. The Morgan fingerprint density at radius 3 is 2.86 bits per heavy atom. The van der Waals surface area contributed by atoms with Crippen LogP contribution in [-0.4, -0.2) is 45.7 Å². The zero-order valence-electron chi connectivity index (χ0n) is 15.4. The third-order valence-electron chi connectivity index (χ3n) is 4.44. The number of rotatable bonds is 8. The first-order chi connectivity index (χ1) is 13.5. The van der Waals surface area contributed by atoms with Gasteiger partial charge in [0.25, 0.3) is 0 Å². The van der Waals surface area contributed by atoms with Crippen molar-refractivity contribution in [3.05, 3.63) is 60.2 Å². The number of para-hydroxylation sites is 2. The molecule has 0 radical (unpaired) electrons. The maximum atomic E-state index is 13.6. The maximum absolute atomic E-state index is 13.6. The Kier molecular flexibility index (Phi) is 6.28. The first-order valence-electron chi connectivity index (χ1n) is 8.85. The molecule has 0 bridgehead atoms. The van der Waals surface area contributed by atoms with E-state index in [2.05, 4.69) is 10.3 Å². The number of hydrogen-bond acceptors (Lipinski definition) is 5. The number of methoxy groups -OCH3 is 1. The van der Waals surface area contributed by atoms with Crippen LogP contribution in [0.1, 0.15) is 12.0 Å². The second-order valence-electron chi connectivity index (χ2n) is 6.47. The molecule has 1 amide bonds. The second-order valence-corrected chi connectivity index (χ2v) is 6.47. The van der Waals surface area contributed by atoms with Gasteiger partial charge in [0.05, 0.1) is 30.4 Å². The van der Waals surface area contributed by atoms with Crippen LogP contribution in [0.15, 0.2) is 48.8 Å². The molecule has 3 N–H and O–H groups in total. The third-order valence-corrected chi connectivity index (χ3v) is 4.44. The van der Waals surface area contributed by atoms with Gasteiger partial charge in [0.2, 0.25) is 5.91 Å². The number of halogens is 1. The van der Waals surface area contributed by atoms with Crippen molar-refractivity contribution in [3.8, 4) is 5.75 Å². The number of imidazole rings is 1.